The van der Waals surface area contributed by atoms with Gasteiger partial charge in [-0.2, -0.15) is 4.39 Å². The zero-order chi connectivity index (χ0) is 15.9. The van der Waals surface area contributed by atoms with Gasteiger partial charge in [-0.25, -0.2) is 14.2 Å². The van der Waals surface area contributed by atoms with Crippen LogP contribution < -0.4 is 4.74 Å². The van der Waals surface area contributed by atoms with Gasteiger partial charge in [-0.15, -0.1) is 0 Å². The lowest BCUT2D eigenvalue weighted by atomic mass is 10.2. The molecule has 0 bridgehead atoms. The van der Waals surface area contributed by atoms with Crippen molar-refractivity contribution in [2.45, 2.75) is 0 Å². The summed E-state index contributed by atoms with van der Waals surface area (Å²) in [6.07, 6.45) is 2.67. The molecule has 5 nitrogen and oxygen atoms in total. The fourth-order valence-electron chi connectivity index (χ4n) is 1.96. The third kappa shape index (κ3) is 2.31. The number of benzene rings is 1. The van der Waals surface area contributed by atoms with E-state index in [-0.39, 0.29) is 27.2 Å². The molecule has 0 saturated carbocycles. The summed E-state index contributed by atoms with van der Waals surface area (Å²) in [4.78, 5) is 17.1. The maximum Gasteiger partial charge on any atom is 0.354 e. The van der Waals surface area contributed by atoms with Crippen molar-refractivity contribution in [2.24, 2.45) is 0 Å². The number of pyridine rings is 1. The van der Waals surface area contributed by atoms with Crippen molar-refractivity contribution in [3.63, 3.8) is 0 Å². The lowest BCUT2D eigenvalue weighted by molar-refractivity contribution is 0.0690. The minimum Gasteiger partial charge on any atom is -0.477 e. The molecule has 112 valence electrons. The first-order chi connectivity index (χ1) is 10.5. The van der Waals surface area contributed by atoms with Crippen LogP contribution in [-0.4, -0.2) is 21.0 Å². The number of nitrogens with zero attached hydrogens (tertiary/aromatic N) is 1. The highest BCUT2D eigenvalue weighted by atomic mass is 79.9. The van der Waals surface area contributed by atoms with Gasteiger partial charge in [0.2, 0.25) is 5.82 Å². The first-order valence-electron chi connectivity index (χ1n) is 5.99. The van der Waals surface area contributed by atoms with E-state index in [9.17, 15) is 13.6 Å². The van der Waals surface area contributed by atoms with Crippen LogP contribution in [0.25, 0.3) is 10.9 Å². The summed E-state index contributed by atoms with van der Waals surface area (Å²) >= 11 is 3.17. The van der Waals surface area contributed by atoms with Crippen molar-refractivity contribution < 1.29 is 23.4 Å². The third-order valence-electron chi connectivity index (χ3n) is 2.96. The van der Waals surface area contributed by atoms with Gasteiger partial charge in [-0.3, -0.25) is 0 Å². The van der Waals surface area contributed by atoms with E-state index in [0.29, 0.717) is 5.39 Å². The van der Waals surface area contributed by atoms with Crippen molar-refractivity contribution in [1.29, 1.82) is 0 Å². The Balaban J connectivity index is 2.11. The molecule has 0 aliphatic rings. The molecule has 3 rings (SSSR count). The first-order valence-corrected chi connectivity index (χ1v) is 6.79. The molecule has 0 radical (unpaired) electrons. The molecule has 1 aromatic carbocycles. The Morgan fingerprint density at radius 2 is 2.09 bits per heavy atom. The van der Waals surface area contributed by atoms with Gasteiger partial charge in [0.1, 0.15) is 5.75 Å². The van der Waals surface area contributed by atoms with E-state index in [1.807, 2.05) is 0 Å². The van der Waals surface area contributed by atoms with Crippen molar-refractivity contribution in [3.05, 3.63) is 52.4 Å². The van der Waals surface area contributed by atoms with Crippen LogP contribution in [0.3, 0.4) is 0 Å². The van der Waals surface area contributed by atoms with Crippen LogP contribution in [0.15, 0.2) is 35.1 Å². The summed E-state index contributed by atoms with van der Waals surface area (Å²) in [5.41, 5.74) is -0.255. The van der Waals surface area contributed by atoms with E-state index in [1.165, 1.54) is 18.5 Å². The molecule has 2 N–H and O–H groups in total. The summed E-state index contributed by atoms with van der Waals surface area (Å²) in [6.45, 7) is 0. The highest BCUT2D eigenvalue weighted by Gasteiger charge is 2.21. The van der Waals surface area contributed by atoms with Crippen molar-refractivity contribution in [1.82, 2.24) is 9.97 Å². The average Bonchev–Trinajstić information content (AvgIpc) is 2.99. The molecule has 0 atom stereocenters. The third-order valence-corrected chi connectivity index (χ3v) is 3.75. The fraction of sp³-hybridized carbons (Fsp3) is 0. The molecular weight excluding hydrogens is 362 g/mol. The average molecular weight is 369 g/mol. The predicted octanol–water partition coefficient (Wildman–Crippen LogP) is 4.09. The number of aromatic amines is 1. The summed E-state index contributed by atoms with van der Waals surface area (Å²) in [5.74, 6) is -3.85. The van der Waals surface area contributed by atoms with Crippen LogP contribution in [0.5, 0.6) is 11.5 Å². The van der Waals surface area contributed by atoms with E-state index in [1.54, 1.807) is 6.07 Å². The van der Waals surface area contributed by atoms with Gasteiger partial charge in [0.25, 0.3) is 0 Å². The lowest BCUT2D eigenvalue weighted by Crippen LogP contribution is -2.01. The highest BCUT2D eigenvalue weighted by Crippen LogP contribution is 2.39. The number of rotatable bonds is 3. The molecule has 0 unspecified atom stereocenters. The van der Waals surface area contributed by atoms with E-state index in [4.69, 9.17) is 9.84 Å². The van der Waals surface area contributed by atoms with E-state index in [0.717, 1.165) is 6.07 Å². The molecule has 0 aliphatic carbocycles. The van der Waals surface area contributed by atoms with Crippen LogP contribution >= 0.6 is 15.9 Å². The molecule has 0 saturated heterocycles. The molecule has 8 heteroatoms. The molecule has 0 amide bonds. The van der Waals surface area contributed by atoms with Crippen LogP contribution in [0.4, 0.5) is 8.78 Å². The van der Waals surface area contributed by atoms with Gasteiger partial charge in [0.05, 0.1) is 9.99 Å². The van der Waals surface area contributed by atoms with E-state index >= 15 is 0 Å². The molecule has 3 aromatic rings. The van der Waals surface area contributed by atoms with Gasteiger partial charge in [0.15, 0.2) is 17.3 Å². The zero-order valence-corrected chi connectivity index (χ0v) is 12.3. The van der Waals surface area contributed by atoms with Gasteiger partial charge in [0, 0.05) is 23.8 Å². The standard InChI is InChI=1S/C14H7BrF2N2O3/c15-9-7-2-4-19-12(7)10(16)11(17)13(9)22-6-1-3-18-8(5-6)14(20)21/h1-5,19H,(H,20,21). The smallest absolute Gasteiger partial charge is 0.354 e. The molecule has 0 fully saturated rings. The minimum atomic E-state index is -1.25. The molecule has 2 aromatic heterocycles. The van der Waals surface area contributed by atoms with E-state index < -0.39 is 17.6 Å². The number of carboxylic acid groups (broad SMARTS) is 1. The normalized spacial score (nSPS) is 10.9. The summed E-state index contributed by atoms with van der Waals surface area (Å²) in [6, 6.07) is 4.02. The number of H-pyrrole nitrogens is 1. The Kier molecular flexibility index (Phi) is 3.53. The number of carbonyl (C=O) groups is 1. The number of halogens is 3. The first kappa shape index (κ1) is 14.5. The Bertz CT molecular complexity index is 895. The molecular formula is C14H7BrF2N2O3. The lowest BCUT2D eigenvalue weighted by Gasteiger charge is -2.11. The SMILES string of the molecule is O=C(O)c1cc(Oc2c(F)c(F)c3[nH]ccc3c2Br)ccn1. The highest BCUT2D eigenvalue weighted by molar-refractivity contribution is 9.10. The summed E-state index contributed by atoms with van der Waals surface area (Å²) < 4.78 is 33.6. The number of aromatic nitrogens is 2. The number of fused-ring (bicyclic) bond motifs is 1. The number of carboxylic acids is 1. The molecule has 0 aliphatic heterocycles. The summed E-state index contributed by atoms with van der Waals surface area (Å²) in [7, 11) is 0. The van der Waals surface area contributed by atoms with Crippen molar-refractivity contribution in [3.8, 4) is 11.5 Å². The van der Waals surface area contributed by atoms with Crippen LogP contribution in [0, 0.1) is 11.6 Å². The Hall–Kier alpha value is -2.48. The molecule has 2 heterocycles. The quantitative estimate of drug-likeness (QED) is 0.682. The Morgan fingerprint density at radius 3 is 2.82 bits per heavy atom. The van der Waals surface area contributed by atoms with Crippen molar-refractivity contribution >= 4 is 32.8 Å². The molecule has 22 heavy (non-hydrogen) atoms. The van der Waals surface area contributed by atoms with Crippen LogP contribution in [0.1, 0.15) is 10.5 Å². The maximum atomic E-state index is 14.1. The van der Waals surface area contributed by atoms with Gasteiger partial charge >= 0.3 is 5.97 Å². The zero-order valence-electron chi connectivity index (χ0n) is 10.7. The topological polar surface area (TPSA) is 75.2 Å². The Labute approximate surface area is 130 Å². The number of hydrogen-bond acceptors (Lipinski definition) is 3. The maximum absolute atomic E-state index is 14.1. The number of hydrogen-bond donors (Lipinski definition) is 2. The van der Waals surface area contributed by atoms with Gasteiger partial charge < -0.3 is 14.8 Å². The number of ether oxygens (including phenoxy) is 1. The molecule has 0 spiro atoms. The second kappa shape index (κ2) is 5.38. The Morgan fingerprint density at radius 1 is 1.32 bits per heavy atom. The monoisotopic (exact) mass is 368 g/mol. The fourth-order valence-corrected chi connectivity index (χ4v) is 2.55. The second-order valence-corrected chi connectivity index (χ2v) is 5.11. The second-order valence-electron chi connectivity index (χ2n) is 4.32. The van der Waals surface area contributed by atoms with Crippen molar-refractivity contribution in [2.75, 3.05) is 0 Å². The summed E-state index contributed by atoms with van der Waals surface area (Å²) in [5, 5.41) is 9.28. The largest absolute Gasteiger partial charge is 0.477 e. The minimum absolute atomic E-state index is 0.0117. The van der Waals surface area contributed by atoms with Gasteiger partial charge in [-0.05, 0) is 28.1 Å². The van der Waals surface area contributed by atoms with Crippen LogP contribution in [0.2, 0.25) is 0 Å². The predicted molar refractivity (Wildman–Crippen MR) is 77.2 cm³/mol. The number of nitrogens with one attached hydrogen (secondary N) is 1. The van der Waals surface area contributed by atoms with E-state index in [2.05, 4.69) is 25.9 Å². The van der Waals surface area contributed by atoms with Crippen LogP contribution in [-0.2, 0) is 0 Å². The number of aromatic carboxylic acids is 1. The van der Waals surface area contributed by atoms with Gasteiger partial charge in [-0.1, -0.05) is 0 Å².